The summed E-state index contributed by atoms with van der Waals surface area (Å²) in [7, 11) is -3.32. The molecule has 1 heterocycles. The van der Waals surface area contributed by atoms with E-state index in [2.05, 4.69) is 0 Å². The largest absolute Gasteiger partial charge is 0.460 e. The molecule has 1 aliphatic heterocycles. The van der Waals surface area contributed by atoms with E-state index in [1.165, 1.54) is 10.4 Å². The highest BCUT2D eigenvalue weighted by atomic mass is 32.2. The summed E-state index contributed by atoms with van der Waals surface area (Å²) in [6.45, 7) is 4.34. The number of ether oxygens (including phenoxy) is 1. The van der Waals surface area contributed by atoms with E-state index >= 15 is 0 Å². The fourth-order valence-electron chi connectivity index (χ4n) is 2.77. The van der Waals surface area contributed by atoms with Crippen molar-refractivity contribution in [3.8, 4) is 0 Å². The van der Waals surface area contributed by atoms with Crippen molar-refractivity contribution in [2.75, 3.05) is 31.1 Å². The molecule has 0 radical (unpaired) electrons. The third-order valence-electron chi connectivity index (χ3n) is 4.32. The van der Waals surface area contributed by atoms with Crippen LogP contribution in [0.3, 0.4) is 0 Å². The van der Waals surface area contributed by atoms with Crippen molar-refractivity contribution >= 4 is 27.5 Å². The second kappa shape index (κ2) is 9.83. The summed E-state index contributed by atoms with van der Waals surface area (Å²) < 4.78 is 45.6. The number of hydrogen-bond acceptors (Lipinski definition) is 6. The highest BCUT2D eigenvalue weighted by Gasteiger charge is 2.30. The van der Waals surface area contributed by atoms with Crippen LogP contribution < -0.4 is 10.6 Å². The number of rotatable bonds is 7. The number of nitrogens with one attached hydrogen (secondary N) is 1. The predicted octanol–water partition coefficient (Wildman–Crippen LogP) is 1.69. The van der Waals surface area contributed by atoms with Crippen LogP contribution in [0.25, 0.3) is 0 Å². The highest BCUT2D eigenvalue weighted by molar-refractivity contribution is 7.89. The maximum absolute atomic E-state index is 14.8. The number of nitrogens with zero attached hydrogens (tertiary/aromatic N) is 2. The van der Waals surface area contributed by atoms with Gasteiger partial charge in [0.2, 0.25) is 10.0 Å². The van der Waals surface area contributed by atoms with Gasteiger partial charge in [-0.15, -0.1) is 0 Å². The molecule has 2 rings (SSSR count). The molecule has 0 aliphatic carbocycles. The standard InChI is InChI=1S/C17H25FN4O4S.CH4/c1-12(2)27(24,25)22-8-6-21(7-9-22)14-5-3-4-13(17(14)18)11-26-16(23)10-15(19)20;/h3-5,12H,6-11H2,1-2H3,(H3,19,20);1H4. The topological polar surface area (TPSA) is 117 Å². The SMILES string of the molecule is C.CC(C)S(=O)(=O)N1CCN(c2cccc(COC(=O)CC(=N)N)c2F)CC1. The van der Waals surface area contributed by atoms with Crippen molar-refractivity contribution in [3.05, 3.63) is 29.6 Å². The molecule has 0 bridgehead atoms. The Morgan fingerprint density at radius 1 is 1.29 bits per heavy atom. The first-order valence-corrected chi connectivity index (χ1v) is 10.1. The first-order chi connectivity index (χ1) is 12.6. The fraction of sp³-hybridized carbons (Fsp3) is 0.556. The fourth-order valence-corrected chi connectivity index (χ4v) is 4.04. The molecule has 1 saturated heterocycles. The summed E-state index contributed by atoms with van der Waals surface area (Å²) in [6, 6.07) is 4.78. The summed E-state index contributed by atoms with van der Waals surface area (Å²) >= 11 is 0. The second-order valence-electron chi connectivity index (χ2n) is 6.59. The molecule has 0 saturated carbocycles. The van der Waals surface area contributed by atoms with Crippen LogP contribution in [0.5, 0.6) is 0 Å². The minimum atomic E-state index is -3.32. The van der Waals surface area contributed by atoms with Crippen molar-refractivity contribution in [1.82, 2.24) is 4.31 Å². The average molecular weight is 417 g/mol. The van der Waals surface area contributed by atoms with E-state index in [4.69, 9.17) is 15.9 Å². The van der Waals surface area contributed by atoms with Gasteiger partial charge >= 0.3 is 5.97 Å². The van der Waals surface area contributed by atoms with Crippen LogP contribution in [0, 0.1) is 11.2 Å². The Hall–Kier alpha value is -2.20. The number of piperazine rings is 1. The van der Waals surface area contributed by atoms with Crippen LogP contribution in [-0.4, -0.2) is 56.0 Å². The minimum absolute atomic E-state index is 0. The van der Waals surface area contributed by atoms with Crippen LogP contribution >= 0.6 is 0 Å². The zero-order valence-corrected chi connectivity index (χ0v) is 16.3. The van der Waals surface area contributed by atoms with Gasteiger partial charge in [-0.2, -0.15) is 4.31 Å². The number of sulfonamides is 1. The molecular weight excluding hydrogens is 387 g/mol. The van der Waals surface area contributed by atoms with Gasteiger partial charge in [-0.1, -0.05) is 19.6 Å². The summed E-state index contributed by atoms with van der Waals surface area (Å²) in [5.41, 5.74) is 5.68. The summed E-state index contributed by atoms with van der Waals surface area (Å²) in [6.07, 6.45) is -0.340. The van der Waals surface area contributed by atoms with Crippen LogP contribution in [0.1, 0.15) is 33.3 Å². The highest BCUT2D eigenvalue weighted by Crippen LogP contribution is 2.25. The lowest BCUT2D eigenvalue weighted by Gasteiger charge is -2.36. The number of benzene rings is 1. The number of carbonyl (C=O) groups is 1. The number of amidine groups is 1. The van der Waals surface area contributed by atoms with E-state index in [1.807, 2.05) is 0 Å². The van der Waals surface area contributed by atoms with Crippen molar-refractivity contribution in [2.45, 2.75) is 39.6 Å². The second-order valence-corrected chi connectivity index (χ2v) is 9.08. The van der Waals surface area contributed by atoms with Gasteiger partial charge in [0.15, 0.2) is 5.82 Å². The van der Waals surface area contributed by atoms with Gasteiger partial charge in [0.05, 0.1) is 10.9 Å². The van der Waals surface area contributed by atoms with Gasteiger partial charge in [-0.05, 0) is 19.9 Å². The lowest BCUT2D eigenvalue weighted by molar-refractivity contribution is -0.143. The Labute approximate surface area is 166 Å². The molecule has 1 aliphatic rings. The molecule has 0 atom stereocenters. The van der Waals surface area contributed by atoms with Gasteiger partial charge in [0.1, 0.15) is 18.9 Å². The number of hydrogen-bond donors (Lipinski definition) is 2. The molecule has 1 aromatic carbocycles. The summed E-state index contributed by atoms with van der Waals surface area (Å²) in [4.78, 5) is 13.3. The maximum Gasteiger partial charge on any atom is 0.313 e. The number of esters is 1. The molecule has 0 amide bonds. The van der Waals surface area contributed by atoms with Crippen LogP contribution in [0.15, 0.2) is 18.2 Å². The number of nitrogens with two attached hydrogens (primary N) is 1. The van der Waals surface area contributed by atoms with Crippen molar-refractivity contribution in [3.63, 3.8) is 0 Å². The molecule has 0 unspecified atom stereocenters. The molecule has 8 nitrogen and oxygen atoms in total. The molecule has 158 valence electrons. The van der Waals surface area contributed by atoms with E-state index in [0.29, 0.717) is 18.8 Å². The minimum Gasteiger partial charge on any atom is -0.460 e. The van der Waals surface area contributed by atoms with Gasteiger partial charge in [-0.25, -0.2) is 12.8 Å². The molecular formula is C18H29FN4O4S. The van der Waals surface area contributed by atoms with Gasteiger partial charge in [0, 0.05) is 31.7 Å². The maximum atomic E-state index is 14.8. The summed E-state index contributed by atoms with van der Waals surface area (Å²) in [5, 5.41) is 6.56. The molecule has 0 spiro atoms. The molecule has 1 aromatic rings. The molecule has 3 N–H and O–H groups in total. The molecule has 0 aromatic heterocycles. The monoisotopic (exact) mass is 416 g/mol. The Balaban J connectivity index is 0.00000392. The van der Waals surface area contributed by atoms with Crippen molar-refractivity contribution in [2.24, 2.45) is 5.73 Å². The Morgan fingerprint density at radius 3 is 2.43 bits per heavy atom. The predicted molar refractivity (Wildman–Crippen MR) is 107 cm³/mol. The average Bonchev–Trinajstić information content (AvgIpc) is 2.60. The molecule has 1 fully saturated rings. The zero-order chi connectivity index (χ0) is 20.2. The lowest BCUT2D eigenvalue weighted by Crippen LogP contribution is -2.50. The first kappa shape index (κ1) is 23.8. The van der Waals surface area contributed by atoms with Crippen molar-refractivity contribution < 1.29 is 22.3 Å². The van der Waals surface area contributed by atoms with Crippen LogP contribution in [-0.2, 0) is 26.2 Å². The van der Waals surface area contributed by atoms with Gasteiger partial charge in [-0.3, -0.25) is 10.2 Å². The Bertz CT molecular complexity index is 806. The number of anilines is 1. The van der Waals surface area contributed by atoms with E-state index in [0.717, 1.165) is 0 Å². The van der Waals surface area contributed by atoms with Crippen LogP contribution in [0.2, 0.25) is 0 Å². The summed E-state index contributed by atoms with van der Waals surface area (Å²) in [5.74, 6) is -1.52. The van der Waals surface area contributed by atoms with Gasteiger partial charge < -0.3 is 15.4 Å². The lowest BCUT2D eigenvalue weighted by atomic mass is 10.1. The number of carbonyl (C=O) groups excluding carboxylic acids is 1. The van der Waals surface area contributed by atoms with E-state index < -0.39 is 27.1 Å². The first-order valence-electron chi connectivity index (χ1n) is 8.62. The third kappa shape index (κ3) is 5.65. The Kier molecular flexibility index (Phi) is 8.37. The third-order valence-corrected chi connectivity index (χ3v) is 6.59. The Morgan fingerprint density at radius 2 is 1.89 bits per heavy atom. The van der Waals surface area contributed by atoms with E-state index in [-0.39, 0.29) is 44.9 Å². The van der Waals surface area contributed by atoms with Crippen LogP contribution in [0.4, 0.5) is 10.1 Å². The van der Waals surface area contributed by atoms with E-state index in [9.17, 15) is 17.6 Å². The molecule has 10 heteroatoms. The molecule has 28 heavy (non-hydrogen) atoms. The zero-order valence-electron chi connectivity index (χ0n) is 15.4. The van der Waals surface area contributed by atoms with E-state index in [1.54, 1.807) is 30.9 Å². The van der Waals surface area contributed by atoms with Crippen molar-refractivity contribution in [1.29, 1.82) is 5.41 Å². The quantitative estimate of drug-likeness (QED) is 0.397. The normalized spacial score (nSPS) is 15.2. The smallest absolute Gasteiger partial charge is 0.313 e. The number of halogens is 1. The van der Waals surface area contributed by atoms with Gasteiger partial charge in [0.25, 0.3) is 0 Å².